The third-order valence-electron chi connectivity index (χ3n) is 4.65. The first kappa shape index (κ1) is 22.1. The molecule has 1 unspecified atom stereocenters. The predicted molar refractivity (Wildman–Crippen MR) is 110 cm³/mol. The molecule has 0 aliphatic heterocycles. The lowest BCUT2D eigenvalue weighted by Gasteiger charge is -2.18. The molecule has 0 aliphatic rings. The van der Waals surface area contributed by atoms with Crippen LogP contribution in [-0.2, 0) is 11.0 Å². The quantitative estimate of drug-likeness (QED) is 0.623. The number of carbonyl (C=O) groups is 1. The van der Waals surface area contributed by atoms with Crippen LogP contribution in [-0.4, -0.2) is 22.8 Å². The van der Waals surface area contributed by atoms with E-state index >= 15 is 0 Å². The number of hydrogen-bond donors (Lipinski definition) is 1. The van der Waals surface area contributed by atoms with E-state index in [1.807, 2.05) is 0 Å². The Morgan fingerprint density at radius 2 is 1.84 bits per heavy atom. The highest BCUT2D eigenvalue weighted by Gasteiger charge is 2.30. The number of methoxy groups -OCH3 is 1. The van der Waals surface area contributed by atoms with Crippen LogP contribution >= 0.6 is 0 Å². The molecular weight excluding hydrogens is 411 g/mol. The van der Waals surface area contributed by atoms with Crippen LogP contribution in [0.1, 0.15) is 24.9 Å². The van der Waals surface area contributed by atoms with Gasteiger partial charge in [0.2, 0.25) is 5.91 Å². The topological polar surface area (TPSA) is 73.2 Å². The first-order chi connectivity index (χ1) is 14.7. The van der Waals surface area contributed by atoms with Crippen molar-refractivity contribution in [2.24, 2.45) is 0 Å². The molecule has 0 spiro atoms. The highest BCUT2D eigenvalue weighted by atomic mass is 19.4. The maximum atomic E-state index is 12.8. The van der Waals surface area contributed by atoms with Crippen LogP contribution in [0, 0.1) is 0 Å². The molecule has 31 heavy (non-hydrogen) atoms. The predicted octanol–water partition coefficient (Wildman–Crippen LogP) is 4.53. The van der Waals surface area contributed by atoms with Crippen molar-refractivity contribution in [2.75, 3.05) is 12.4 Å². The molecule has 1 N–H and O–H groups in total. The summed E-state index contributed by atoms with van der Waals surface area (Å²) in [6.45, 7) is 1.71. The zero-order valence-corrected chi connectivity index (χ0v) is 16.8. The van der Waals surface area contributed by atoms with Crippen LogP contribution in [0.5, 0.6) is 5.75 Å². The maximum absolute atomic E-state index is 12.8. The van der Waals surface area contributed by atoms with Gasteiger partial charge in [0.1, 0.15) is 11.8 Å². The van der Waals surface area contributed by atoms with Crippen molar-refractivity contribution < 1.29 is 22.7 Å². The third kappa shape index (κ3) is 5.11. The number of nitrogens with one attached hydrogen (secondary N) is 1. The molecule has 3 aromatic rings. The number of rotatable bonds is 6. The molecule has 1 aromatic heterocycles. The lowest BCUT2D eigenvalue weighted by atomic mass is 10.1. The van der Waals surface area contributed by atoms with Gasteiger partial charge in [0.05, 0.1) is 18.4 Å². The minimum Gasteiger partial charge on any atom is -0.497 e. The Morgan fingerprint density at radius 1 is 1.13 bits per heavy atom. The Morgan fingerprint density at radius 3 is 2.45 bits per heavy atom. The monoisotopic (exact) mass is 431 g/mol. The largest absolute Gasteiger partial charge is 0.497 e. The van der Waals surface area contributed by atoms with Gasteiger partial charge in [-0.15, -0.1) is 0 Å². The Labute approximate surface area is 176 Å². The summed E-state index contributed by atoms with van der Waals surface area (Å²) in [7, 11) is 1.53. The molecule has 3 rings (SSSR count). The van der Waals surface area contributed by atoms with E-state index in [1.165, 1.54) is 13.2 Å². The van der Waals surface area contributed by atoms with Crippen molar-refractivity contribution in [3.8, 4) is 17.0 Å². The Kier molecular flexibility index (Phi) is 6.43. The molecule has 1 amide bonds. The van der Waals surface area contributed by atoms with E-state index in [0.29, 0.717) is 17.0 Å². The highest BCUT2D eigenvalue weighted by Crippen LogP contribution is 2.30. The second-order valence-electron chi connectivity index (χ2n) is 6.72. The van der Waals surface area contributed by atoms with Crippen LogP contribution in [0.4, 0.5) is 18.9 Å². The third-order valence-corrected chi connectivity index (χ3v) is 4.65. The highest BCUT2D eigenvalue weighted by molar-refractivity contribution is 5.93. The fourth-order valence-electron chi connectivity index (χ4n) is 3.02. The van der Waals surface area contributed by atoms with Crippen molar-refractivity contribution >= 4 is 11.6 Å². The average Bonchev–Trinajstić information content (AvgIpc) is 2.75. The Bertz CT molecular complexity index is 1130. The van der Waals surface area contributed by atoms with Gasteiger partial charge >= 0.3 is 6.18 Å². The van der Waals surface area contributed by atoms with Gasteiger partial charge in [0.15, 0.2) is 0 Å². The molecular formula is C22H20F3N3O3. The van der Waals surface area contributed by atoms with Gasteiger partial charge in [-0.1, -0.05) is 19.1 Å². The number of nitrogens with zero attached hydrogens (tertiary/aromatic N) is 2. The molecule has 2 aromatic carbocycles. The molecule has 1 heterocycles. The molecule has 0 radical (unpaired) electrons. The number of amides is 1. The second-order valence-corrected chi connectivity index (χ2v) is 6.72. The summed E-state index contributed by atoms with van der Waals surface area (Å²) in [5, 5.41) is 6.89. The maximum Gasteiger partial charge on any atom is 0.416 e. The van der Waals surface area contributed by atoms with Crippen LogP contribution in [0.2, 0.25) is 0 Å². The summed E-state index contributed by atoms with van der Waals surface area (Å²) in [4.78, 5) is 25.2. The molecule has 6 nitrogen and oxygen atoms in total. The number of ether oxygens (including phenoxy) is 1. The minimum absolute atomic E-state index is 0.188. The van der Waals surface area contributed by atoms with Gasteiger partial charge in [-0.3, -0.25) is 9.59 Å². The molecule has 9 heteroatoms. The van der Waals surface area contributed by atoms with Crippen molar-refractivity contribution in [2.45, 2.75) is 25.6 Å². The summed E-state index contributed by atoms with van der Waals surface area (Å²) in [6, 6.07) is 13.1. The van der Waals surface area contributed by atoms with Crippen molar-refractivity contribution in [3.05, 3.63) is 76.6 Å². The number of benzene rings is 2. The standard InChI is InChI=1S/C22H20F3N3O3/c1-3-19(21(30)26-16-9-7-15(8-10-16)22(23,24)25)28-20(29)12-11-18(27-28)14-5-4-6-17(13-14)31-2/h4-13,19H,3H2,1-2H3,(H,26,30). The van der Waals surface area contributed by atoms with Crippen LogP contribution in [0.15, 0.2) is 65.5 Å². The molecule has 0 saturated heterocycles. The lowest BCUT2D eigenvalue weighted by Crippen LogP contribution is -2.34. The smallest absolute Gasteiger partial charge is 0.416 e. The van der Waals surface area contributed by atoms with Crippen molar-refractivity contribution in [1.29, 1.82) is 0 Å². The number of anilines is 1. The summed E-state index contributed by atoms with van der Waals surface area (Å²) in [5.41, 5.74) is 0.0707. The second kappa shape index (κ2) is 9.03. The number of carbonyl (C=O) groups excluding carboxylic acids is 1. The van der Waals surface area contributed by atoms with E-state index in [0.717, 1.165) is 28.9 Å². The van der Waals surface area contributed by atoms with E-state index in [2.05, 4.69) is 10.4 Å². The Balaban J connectivity index is 1.87. The van der Waals surface area contributed by atoms with Gasteiger partial charge < -0.3 is 10.1 Å². The fraction of sp³-hybridized carbons (Fsp3) is 0.227. The van der Waals surface area contributed by atoms with Gasteiger partial charge in [-0.25, -0.2) is 4.68 Å². The minimum atomic E-state index is -4.47. The van der Waals surface area contributed by atoms with E-state index in [-0.39, 0.29) is 12.1 Å². The van der Waals surface area contributed by atoms with Gasteiger partial charge in [-0.2, -0.15) is 18.3 Å². The molecule has 0 saturated carbocycles. The zero-order chi connectivity index (χ0) is 22.6. The number of hydrogen-bond acceptors (Lipinski definition) is 4. The van der Waals surface area contributed by atoms with E-state index in [9.17, 15) is 22.8 Å². The lowest BCUT2D eigenvalue weighted by molar-refractivity contribution is -0.137. The average molecular weight is 431 g/mol. The van der Waals surface area contributed by atoms with Crippen molar-refractivity contribution in [3.63, 3.8) is 0 Å². The number of alkyl halides is 3. The first-order valence-corrected chi connectivity index (χ1v) is 9.45. The number of aromatic nitrogens is 2. The van der Waals surface area contributed by atoms with Gasteiger partial charge in [0, 0.05) is 17.3 Å². The van der Waals surface area contributed by atoms with E-state index in [1.54, 1.807) is 37.3 Å². The summed E-state index contributed by atoms with van der Waals surface area (Å²) >= 11 is 0. The fourth-order valence-corrected chi connectivity index (χ4v) is 3.02. The summed E-state index contributed by atoms with van der Waals surface area (Å²) in [5.74, 6) is 0.0591. The first-order valence-electron chi connectivity index (χ1n) is 9.45. The Hall–Kier alpha value is -3.62. The molecule has 1 atom stereocenters. The van der Waals surface area contributed by atoms with Crippen LogP contribution in [0.3, 0.4) is 0 Å². The zero-order valence-electron chi connectivity index (χ0n) is 16.8. The summed E-state index contributed by atoms with van der Waals surface area (Å²) in [6.07, 6.45) is -4.22. The summed E-state index contributed by atoms with van der Waals surface area (Å²) < 4.78 is 44.4. The van der Waals surface area contributed by atoms with E-state index < -0.39 is 29.2 Å². The van der Waals surface area contributed by atoms with Gasteiger partial charge in [0.25, 0.3) is 5.56 Å². The molecule has 0 fully saturated rings. The van der Waals surface area contributed by atoms with Crippen LogP contribution < -0.4 is 15.6 Å². The van der Waals surface area contributed by atoms with Crippen molar-refractivity contribution in [1.82, 2.24) is 9.78 Å². The molecule has 0 bridgehead atoms. The normalized spacial score (nSPS) is 12.3. The van der Waals surface area contributed by atoms with Crippen LogP contribution in [0.25, 0.3) is 11.3 Å². The molecule has 0 aliphatic carbocycles. The molecule has 162 valence electrons. The number of halogens is 3. The van der Waals surface area contributed by atoms with E-state index in [4.69, 9.17) is 4.74 Å². The van der Waals surface area contributed by atoms with Gasteiger partial charge in [-0.05, 0) is 48.9 Å². The SMILES string of the molecule is CCC(C(=O)Nc1ccc(C(F)(F)F)cc1)n1nc(-c2cccc(OC)c2)ccc1=O.